The van der Waals surface area contributed by atoms with Crippen molar-refractivity contribution < 1.29 is 9.47 Å². The molecule has 0 N–H and O–H groups in total. The van der Waals surface area contributed by atoms with Gasteiger partial charge in [0.1, 0.15) is 0 Å². The van der Waals surface area contributed by atoms with Crippen LogP contribution in [0.25, 0.3) is 0 Å². The average molecular weight is 458 g/mol. The first kappa shape index (κ1) is 19.1. The van der Waals surface area contributed by atoms with E-state index in [0.29, 0.717) is 18.2 Å². The Bertz CT molecular complexity index is 732. The van der Waals surface area contributed by atoms with Crippen LogP contribution < -0.4 is 9.47 Å². The molecule has 5 heteroatoms. The Morgan fingerprint density at radius 1 is 1.17 bits per heavy atom. The van der Waals surface area contributed by atoms with Gasteiger partial charge in [0.05, 0.1) is 22.5 Å². The van der Waals surface area contributed by atoms with E-state index in [0.717, 1.165) is 38.3 Å². The van der Waals surface area contributed by atoms with E-state index in [1.165, 1.54) is 0 Å². The molecule has 0 aliphatic carbocycles. The van der Waals surface area contributed by atoms with Crippen LogP contribution in [0, 0.1) is 10.5 Å². The number of nitrogens with zero attached hydrogens (tertiary/aromatic N) is 1. The summed E-state index contributed by atoms with van der Waals surface area (Å²) in [5, 5.41) is 0.681. The molecule has 0 aromatic heterocycles. The lowest BCUT2D eigenvalue weighted by Gasteiger charge is -2.14. The van der Waals surface area contributed by atoms with E-state index in [1.807, 2.05) is 50.4 Å². The number of halogens is 2. The third-order valence-electron chi connectivity index (χ3n) is 3.31. The summed E-state index contributed by atoms with van der Waals surface area (Å²) < 4.78 is 12.6. The molecule has 24 heavy (non-hydrogen) atoms. The van der Waals surface area contributed by atoms with Gasteiger partial charge in [0, 0.05) is 11.2 Å². The Hall–Kier alpha value is -1.27. The molecule has 0 radical (unpaired) electrons. The van der Waals surface area contributed by atoms with Gasteiger partial charge < -0.3 is 9.47 Å². The fourth-order valence-corrected chi connectivity index (χ4v) is 3.08. The van der Waals surface area contributed by atoms with Crippen molar-refractivity contribution in [3.8, 4) is 11.5 Å². The van der Waals surface area contributed by atoms with Crippen LogP contribution in [0.4, 0.5) is 5.69 Å². The van der Waals surface area contributed by atoms with Crippen LogP contribution in [0.5, 0.6) is 11.5 Å². The molecule has 2 aromatic rings. The topological polar surface area (TPSA) is 30.8 Å². The van der Waals surface area contributed by atoms with Crippen molar-refractivity contribution in [3.05, 3.63) is 50.1 Å². The quantitative estimate of drug-likeness (QED) is 0.366. The largest absolute Gasteiger partial charge is 0.490 e. The number of aryl methyl sites for hydroxylation is 1. The maximum absolute atomic E-state index is 6.05. The summed E-state index contributed by atoms with van der Waals surface area (Å²) in [4.78, 5) is 4.56. The molecule has 0 aliphatic heterocycles. The first-order valence-corrected chi connectivity index (χ1v) is 9.40. The predicted octanol–water partition coefficient (Wildman–Crippen LogP) is 6.19. The zero-order valence-electron chi connectivity index (χ0n) is 14.1. The van der Waals surface area contributed by atoms with Crippen LogP contribution in [-0.4, -0.2) is 19.4 Å². The lowest BCUT2D eigenvalue weighted by atomic mass is 10.2. The van der Waals surface area contributed by atoms with Crippen LogP contribution >= 0.6 is 34.2 Å². The van der Waals surface area contributed by atoms with Gasteiger partial charge in [-0.1, -0.05) is 24.6 Å². The molecule has 0 aliphatic rings. The highest BCUT2D eigenvalue weighted by Gasteiger charge is 2.11. The third kappa shape index (κ3) is 5.11. The molecule has 0 saturated carbocycles. The Morgan fingerprint density at radius 3 is 2.67 bits per heavy atom. The summed E-state index contributed by atoms with van der Waals surface area (Å²) in [6, 6.07) is 9.69. The molecular weight excluding hydrogens is 437 g/mol. The Morgan fingerprint density at radius 2 is 1.96 bits per heavy atom. The van der Waals surface area contributed by atoms with Crippen LogP contribution in [-0.2, 0) is 0 Å². The predicted molar refractivity (Wildman–Crippen MR) is 110 cm³/mol. The SMILES string of the molecule is CCCOc1c(I)cc(C=Nc2cc(Cl)ccc2C)cc1OCC. The number of hydrogen-bond acceptors (Lipinski definition) is 3. The van der Waals surface area contributed by atoms with Crippen LogP contribution in [0.3, 0.4) is 0 Å². The van der Waals surface area contributed by atoms with Crippen molar-refractivity contribution in [3.63, 3.8) is 0 Å². The second-order valence-electron chi connectivity index (χ2n) is 5.30. The monoisotopic (exact) mass is 457 g/mol. The first-order valence-electron chi connectivity index (χ1n) is 7.94. The van der Waals surface area contributed by atoms with Gasteiger partial charge in [-0.25, -0.2) is 0 Å². The smallest absolute Gasteiger partial charge is 0.174 e. The maximum Gasteiger partial charge on any atom is 0.174 e. The van der Waals surface area contributed by atoms with Crippen LogP contribution in [0.2, 0.25) is 5.02 Å². The molecule has 128 valence electrons. The highest BCUT2D eigenvalue weighted by molar-refractivity contribution is 14.1. The van der Waals surface area contributed by atoms with E-state index in [4.69, 9.17) is 21.1 Å². The summed E-state index contributed by atoms with van der Waals surface area (Å²) in [6.07, 6.45) is 2.78. The summed E-state index contributed by atoms with van der Waals surface area (Å²) in [5.41, 5.74) is 2.91. The van der Waals surface area contributed by atoms with E-state index in [1.54, 1.807) is 0 Å². The summed E-state index contributed by atoms with van der Waals surface area (Å²) >= 11 is 8.32. The van der Waals surface area contributed by atoms with Crippen molar-refractivity contribution in [2.24, 2.45) is 4.99 Å². The van der Waals surface area contributed by atoms with Gasteiger partial charge in [-0.15, -0.1) is 0 Å². The van der Waals surface area contributed by atoms with Crippen molar-refractivity contribution >= 4 is 46.1 Å². The van der Waals surface area contributed by atoms with E-state index in [-0.39, 0.29) is 0 Å². The number of rotatable bonds is 7. The van der Waals surface area contributed by atoms with Gasteiger partial charge in [0.15, 0.2) is 11.5 Å². The molecule has 3 nitrogen and oxygen atoms in total. The first-order chi connectivity index (χ1) is 11.5. The molecule has 2 rings (SSSR count). The molecule has 0 fully saturated rings. The van der Waals surface area contributed by atoms with E-state index >= 15 is 0 Å². The van der Waals surface area contributed by atoms with Crippen molar-refractivity contribution in [1.82, 2.24) is 0 Å². The zero-order valence-corrected chi connectivity index (χ0v) is 17.0. The van der Waals surface area contributed by atoms with Gasteiger partial charge in [0.25, 0.3) is 0 Å². The molecule has 0 heterocycles. The molecule has 2 aromatic carbocycles. The summed E-state index contributed by atoms with van der Waals surface area (Å²) in [6.45, 7) is 7.33. The maximum atomic E-state index is 6.05. The van der Waals surface area contributed by atoms with Crippen LogP contribution in [0.15, 0.2) is 35.3 Å². The van der Waals surface area contributed by atoms with Crippen LogP contribution in [0.1, 0.15) is 31.4 Å². The number of benzene rings is 2. The fraction of sp³-hybridized carbons (Fsp3) is 0.316. The number of ether oxygens (including phenoxy) is 2. The molecule has 0 spiro atoms. The van der Waals surface area contributed by atoms with Crippen molar-refractivity contribution in [2.75, 3.05) is 13.2 Å². The van der Waals surface area contributed by atoms with Gasteiger partial charge >= 0.3 is 0 Å². The highest BCUT2D eigenvalue weighted by atomic mass is 127. The van der Waals surface area contributed by atoms with Gasteiger partial charge in [-0.2, -0.15) is 0 Å². The minimum atomic E-state index is 0.590. The van der Waals surface area contributed by atoms with Gasteiger partial charge in [-0.05, 0) is 78.3 Å². The standard InChI is InChI=1S/C19H21ClINO2/c1-4-8-24-19-16(21)9-14(10-18(19)23-5-2)12-22-17-11-15(20)7-6-13(17)3/h6-7,9-12H,4-5,8H2,1-3H3. The summed E-state index contributed by atoms with van der Waals surface area (Å²) in [7, 11) is 0. The van der Waals surface area contributed by atoms with Gasteiger partial charge in [0.2, 0.25) is 0 Å². The zero-order chi connectivity index (χ0) is 17.5. The average Bonchev–Trinajstić information content (AvgIpc) is 2.55. The molecular formula is C19H21ClINO2. The Kier molecular flexibility index (Phi) is 7.37. The third-order valence-corrected chi connectivity index (χ3v) is 4.34. The number of hydrogen-bond donors (Lipinski definition) is 0. The lowest BCUT2D eigenvalue weighted by molar-refractivity contribution is 0.275. The molecule has 0 atom stereocenters. The minimum Gasteiger partial charge on any atom is -0.490 e. The number of aliphatic imine (C=N–C) groups is 1. The van der Waals surface area contributed by atoms with E-state index in [9.17, 15) is 0 Å². The Labute approximate surface area is 162 Å². The van der Waals surface area contributed by atoms with Crippen molar-refractivity contribution in [1.29, 1.82) is 0 Å². The minimum absolute atomic E-state index is 0.590. The van der Waals surface area contributed by atoms with Gasteiger partial charge in [-0.3, -0.25) is 4.99 Å². The fourth-order valence-electron chi connectivity index (χ4n) is 2.14. The lowest BCUT2D eigenvalue weighted by Crippen LogP contribution is -2.02. The normalized spacial score (nSPS) is 11.0. The molecule has 0 saturated heterocycles. The molecule has 0 amide bonds. The highest BCUT2D eigenvalue weighted by Crippen LogP contribution is 2.34. The van der Waals surface area contributed by atoms with E-state index in [2.05, 4.69) is 34.5 Å². The summed E-state index contributed by atoms with van der Waals surface area (Å²) in [5.74, 6) is 1.55. The van der Waals surface area contributed by atoms with E-state index < -0.39 is 0 Å². The molecule has 0 bridgehead atoms. The van der Waals surface area contributed by atoms with Crippen molar-refractivity contribution in [2.45, 2.75) is 27.2 Å². The molecule has 0 unspecified atom stereocenters. The Balaban J connectivity index is 2.33. The second kappa shape index (κ2) is 9.28. The second-order valence-corrected chi connectivity index (χ2v) is 6.90.